The number of fused-ring (bicyclic) bond motifs is 5. The van der Waals surface area contributed by atoms with Crippen molar-refractivity contribution in [1.29, 1.82) is 5.26 Å². The molecule has 4 atom stereocenters. The molecule has 6 nitrogen and oxygen atoms in total. The summed E-state index contributed by atoms with van der Waals surface area (Å²) in [5, 5.41) is 8.80. The molecule has 3 aliphatic heterocycles. The first-order chi connectivity index (χ1) is 10.4. The zero-order valence-corrected chi connectivity index (χ0v) is 12.4. The Hall–Kier alpha value is -2.26. The van der Waals surface area contributed by atoms with E-state index in [0.29, 0.717) is 5.69 Å². The number of imide groups is 1. The van der Waals surface area contributed by atoms with E-state index in [1.165, 1.54) is 17.2 Å². The Morgan fingerprint density at radius 2 is 1.82 bits per heavy atom. The van der Waals surface area contributed by atoms with Crippen molar-refractivity contribution in [2.24, 2.45) is 11.8 Å². The molecule has 4 heterocycles. The number of nitriles is 1. The van der Waals surface area contributed by atoms with Gasteiger partial charge in [0.25, 0.3) is 0 Å². The largest absolute Gasteiger partial charge is 0.367 e. The Labute approximate surface area is 127 Å². The van der Waals surface area contributed by atoms with Gasteiger partial charge in [0.1, 0.15) is 11.8 Å². The lowest BCUT2D eigenvalue weighted by Gasteiger charge is -2.27. The Balaban J connectivity index is 1.77. The minimum atomic E-state index is -0.555. The summed E-state index contributed by atoms with van der Waals surface area (Å²) < 4.78 is 6.05. The van der Waals surface area contributed by atoms with Gasteiger partial charge < -0.3 is 4.74 Å². The molecule has 112 valence electrons. The Morgan fingerprint density at radius 1 is 1.23 bits per heavy atom. The summed E-state index contributed by atoms with van der Waals surface area (Å²) in [6.45, 7) is 3.85. The molecule has 0 spiro atoms. The van der Waals surface area contributed by atoms with E-state index in [4.69, 9.17) is 10.00 Å². The third-order valence-electron chi connectivity index (χ3n) is 5.33. The summed E-state index contributed by atoms with van der Waals surface area (Å²) in [6.07, 6.45) is 3.00. The van der Waals surface area contributed by atoms with Crippen LogP contribution in [0.3, 0.4) is 0 Å². The predicted octanol–water partition coefficient (Wildman–Crippen LogP) is 1.40. The molecular weight excluding hydrogens is 282 g/mol. The predicted molar refractivity (Wildman–Crippen MR) is 75.6 cm³/mol. The number of anilines is 1. The highest BCUT2D eigenvalue weighted by atomic mass is 16.5. The van der Waals surface area contributed by atoms with E-state index in [1.807, 2.05) is 19.9 Å². The summed E-state index contributed by atoms with van der Waals surface area (Å²) in [7, 11) is 0. The molecule has 2 bridgehead atoms. The molecule has 0 aliphatic carbocycles. The van der Waals surface area contributed by atoms with Gasteiger partial charge in [0.05, 0.1) is 34.9 Å². The van der Waals surface area contributed by atoms with Crippen molar-refractivity contribution >= 4 is 17.5 Å². The van der Waals surface area contributed by atoms with Crippen LogP contribution in [0, 0.1) is 23.2 Å². The van der Waals surface area contributed by atoms with E-state index < -0.39 is 23.0 Å². The highest BCUT2D eigenvalue weighted by molar-refractivity contribution is 6.23. The number of ether oxygens (including phenoxy) is 1. The second-order valence-electron chi connectivity index (χ2n) is 6.71. The monoisotopic (exact) mass is 297 g/mol. The van der Waals surface area contributed by atoms with Gasteiger partial charge >= 0.3 is 0 Å². The van der Waals surface area contributed by atoms with Gasteiger partial charge in [0, 0.05) is 0 Å². The average Bonchev–Trinajstić information content (AvgIpc) is 3.04. The summed E-state index contributed by atoms with van der Waals surface area (Å²) >= 11 is 0. The Kier molecular flexibility index (Phi) is 2.39. The van der Waals surface area contributed by atoms with Crippen molar-refractivity contribution in [3.05, 3.63) is 24.0 Å². The Morgan fingerprint density at radius 3 is 2.27 bits per heavy atom. The van der Waals surface area contributed by atoms with Gasteiger partial charge in [-0.2, -0.15) is 5.26 Å². The van der Waals surface area contributed by atoms with Gasteiger partial charge in [-0.05, 0) is 38.8 Å². The SMILES string of the molecule is C[C@]12CC[C@](C)(O1)[C@@H]1C(=O)N(c3ccc(C#N)nc3)C(=O)[C@@H]12. The normalized spacial score (nSPS) is 39.2. The lowest BCUT2D eigenvalue weighted by atomic mass is 9.69. The van der Waals surface area contributed by atoms with E-state index in [-0.39, 0.29) is 17.5 Å². The molecule has 4 rings (SSSR count). The molecule has 0 radical (unpaired) electrons. The van der Waals surface area contributed by atoms with Crippen molar-refractivity contribution < 1.29 is 14.3 Å². The average molecular weight is 297 g/mol. The smallest absolute Gasteiger partial charge is 0.240 e. The highest BCUT2D eigenvalue weighted by Gasteiger charge is 2.72. The van der Waals surface area contributed by atoms with Crippen LogP contribution >= 0.6 is 0 Å². The molecule has 1 aromatic heterocycles. The number of aromatic nitrogens is 1. The molecule has 0 unspecified atom stereocenters. The minimum absolute atomic E-state index is 0.215. The molecule has 6 heteroatoms. The van der Waals surface area contributed by atoms with Gasteiger partial charge in [0.2, 0.25) is 11.8 Å². The number of carbonyl (C=O) groups excluding carboxylic acids is 2. The van der Waals surface area contributed by atoms with Crippen LogP contribution in [-0.4, -0.2) is 28.0 Å². The maximum atomic E-state index is 12.8. The molecule has 1 aromatic rings. The number of amides is 2. The van der Waals surface area contributed by atoms with Crippen LogP contribution in [0.25, 0.3) is 0 Å². The number of carbonyl (C=O) groups is 2. The number of nitrogens with zero attached hydrogens (tertiary/aromatic N) is 3. The molecule has 3 saturated heterocycles. The molecular formula is C16H15N3O3. The fraction of sp³-hybridized carbons (Fsp3) is 0.500. The second kappa shape index (κ2) is 3.93. The van der Waals surface area contributed by atoms with Crippen LogP contribution in [0.15, 0.2) is 18.3 Å². The molecule has 2 amide bonds. The third-order valence-corrected chi connectivity index (χ3v) is 5.33. The quantitative estimate of drug-likeness (QED) is 0.732. The summed E-state index contributed by atoms with van der Waals surface area (Å²) in [4.78, 5) is 30.8. The second-order valence-corrected chi connectivity index (χ2v) is 6.71. The topological polar surface area (TPSA) is 83.3 Å². The lowest BCUT2D eigenvalue weighted by molar-refractivity contribution is -0.129. The van der Waals surface area contributed by atoms with E-state index in [9.17, 15) is 9.59 Å². The lowest BCUT2D eigenvalue weighted by Crippen LogP contribution is -2.40. The van der Waals surface area contributed by atoms with E-state index in [2.05, 4.69) is 4.98 Å². The van der Waals surface area contributed by atoms with Gasteiger partial charge in [-0.15, -0.1) is 0 Å². The van der Waals surface area contributed by atoms with Gasteiger partial charge in [-0.25, -0.2) is 9.88 Å². The Bertz CT molecular complexity index is 704. The van der Waals surface area contributed by atoms with Gasteiger partial charge in [-0.3, -0.25) is 9.59 Å². The number of hydrogen-bond donors (Lipinski definition) is 0. The summed E-state index contributed by atoms with van der Waals surface area (Å²) in [5.74, 6) is -1.27. The van der Waals surface area contributed by atoms with E-state index in [0.717, 1.165) is 12.8 Å². The molecule has 22 heavy (non-hydrogen) atoms. The maximum absolute atomic E-state index is 12.8. The maximum Gasteiger partial charge on any atom is 0.240 e. The fourth-order valence-corrected chi connectivity index (χ4v) is 4.31. The van der Waals surface area contributed by atoms with Crippen molar-refractivity contribution in [3.8, 4) is 6.07 Å². The zero-order chi connectivity index (χ0) is 15.7. The van der Waals surface area contributed by atoms with Gasteiger partial charge in [0.15, 0.2) is 0 Å². The molecule has 0 N–H and O–H groups in total. The molecule has 0 aromatic carbocycles. The first kappa shape index (κ1) is 13.4. The number of hydrogen-bond acceptors (Lipinski definition) is 5. The van der Waals surface area contributed by atoms with Crippen LogP contribution < -0.4 is 4.90 Å². The minimum Gasteiger partial charge on any atom is -0.367 e. The highest BCUT2D eigenvalue weighted by Crippen LogP contribution is 2.60. The first-order valence-electron chi connectivity index (χ1n) is 7.34. The zero-order valence-electron chi connectivity index (χ0n) is 12.4. The first-order valence-corrected chi connectivity index (χ1v) is 7.34. The summed E-state index contributed by atoms with van der Waals surface area (Å²) in [6, 6.07) is 5.03. The van der Waals surface area contributed by atoms with Crippen molar-refractivity contribution in [2.45, 2.75) is 37.9 Å². The van der Waals surface area contributed by atoms with Crippen LogP contribution in [0.5, 0.6) is 0 Å². The van der Waals surface area contributed by atoms with Crippen molar-refractivity contribution in [3.63, 3.8) is 0 Å². The van der Waals surface area contributed by atoms with E-state index in [1.54, 1.807) is 6.07 Å². The van der Waals surface area contributed by atoms with Crippen LogP contribution in [0.2, 0.25) is 0 Å². The summed E-state index contributed by atoms with van der Waals surface area (Å²) in [5.41, 5.74) is -0.428. The molecule has 3 fully saturated rings. The van der Waals surface area contributed by atoms with Crippen molar-refractivity contribution in [1.82, 2.24) is 4.98 Å². The number of pyridine rings is 1. The van der Waals surface area contributed by atoms with Gasteiger partial charge in [-0.1, -0.05) is 0 Å². The van der Waals surface area contributed by atoms with Crippen LogP contribution in [0.4, 0.5) is 5.69 Å². The molecule has 0 saturated carbocycles. The third kappa shape index (κ3) is 1.44. The van der Waals surface area contributed by atoms with Crippen LogP contribution in [0.1, 0.15) is 32.4 Å². The number of rotatable bonds is 1. The standard InChI is InChI=1S/C16H15N3O3/c1-15-5-6-16(2,22-15)12-11(15)13(20)19(14(12)21)10-4-3-9(7-17)18-8-10/h3-4,8,11-12H,5-6H2,1-2H3/t11-,12+,15-,16+. The fourth-order valence-electron chi connectivity index (χ4n) is 4.31. The van der Waals surface area contributed by atoms with Crippen LogP contribution in [-0.2, 0) is 14.3 Å². The van der Waals surface area contributed by atoms with E-state index >= 15 is 0 Å². The van der Waals surface area contributed by atoms with Crippen molar-refractivity contribution in [2.75, 3.05) is 4.90 Å². The molecule has 3 aliphatic rings.